The number of hydrogen-bond donors (Lipinski definition) is 2. The maximum absolute atomic E-state index is 12.8. The Balaban J connectivity index is 1.97. The maximum Gasteiger partial charge on any atom is 0.224 e. The first-order valence-electron chi connectivity index (χ1n) is 7.28. The predicted octanol–water partition coefficient (Wildman–Crippen LogP) is 2.39. The van der Waals surface area contributed by atoms with E-state index in [1.165, 1.54) is 18.6 Å². The molecule has 1 aromatic carbocycles. The van der Waals surface area contributed by atoms with Gasteiger partial charge in [-0.05, 0) is 36.5 Å². The second-order valence-corrected chi connectivity index (χ2v) is 6.04. The zero-order valence-electron chi connectivity index (χ0n) is 12.0. The van der Waals surface area contributed by atoms with Gasteiger partial charge < -0.3 is 11.1 Å². The summed E-state index contributed by atoms with van der Waals surface area (Å²) in [5.74, 6) is 0.281. The Labute approximate surface area is 119 Å². The number of rotatable bonds is 4. The van der Waals surface area contributed by atoms with Gasteiger partial charge in [0.2, 0.25) is 5.91 Å². The van der Waals surface area contributed by atoms with E-state index in [4.69, 9.17) is 5.73 Å². The molecule has 2 atom stereocenters. The van der Waals surface area contributed by atoms with Gasteiger partial charge in [-0.1, -0.05) is 31.9 Å². The van der Waals surface area contributed by atoms with E-state index in [-0.39, 0.29) is 23.7 Å². The molecule has 0 aliphatic heterocycles. The minimum absolute atomic E-state index is 0.0313. The van der Waals surface area contributed by atoms with Crippen molar-refractivity contribution < 1.29 is 9.18 Å². The van der Waals surface area contributed by atoms with E-state index < -0.39 is 0 Å². The third-order valence-electron chi connectivity index (χ3n) is 4.16. The van der Waals surface area contributed by atoms with Crippen molar-refractivity contribution in [3.63, 3.8) is 0 Å². The first-order valence-corrected chi connectivity index (χ1v) is 7.28. The fourth-order valence-electron chi connectivity index (χ4n) is 3.14. The smallest absolute Gasteiger partial charge is 0.224 e. The average molecular weight is 278 g/mol. The summed E-state index contributed by atoms with van der Waals surface area (Å²) < 4.78 is 12.8. The number of halogens is 1. The number of hydrogen-bond acceptors (Lipinski definition) is 2. The number of nitrogens with two attached hydrogens (primary N) is 1. The Kier molecular flexibility index (Phi) is 4.76. The van der Waals surface area contributed by atoms with Gasteiger partial charge in [0, 0.05) is 6.54 Å². The first kappa shape index (κ1) is 15.0. The number of carbonyl (C=O) groups is 1. The van der Waals surface area contributed by atoms with E-state index in [2.05, 4.69) is 12.2 Å². The summed E-state index contributed by atoms with van der Waals surface area (Å²) >= 11 is 0. The number of carbonyl (C=O) groups excluding carboxylic acids is 1. The van der Waals surface area contributed by atoms with Gasteiger partial charge in [0.25, 0.3) is 0 Å². The fourth-order valence-corrected chi connectivity index (χ4v) is 3.14. The maximum atomic E-state index is 12.8. The molecule has 0 aromatic heterocycles. The minimum Gasteiger partial charge on any atom is -0.349 e. The first-order chi connectivity index (χ1) is 9.53. The lowest BCUT2D eigenvalue weighted by atomic mass is 9.76. The molecule has 0 heterocycles. The molecular weight excluding hydrogens is 255 g/mol. The van der Waals surface area contributed by atoms with Crippen molar-refractivity contribution in [3.8, 4) is 0 Å². The molecule has 2 rings (SSSR count). The molecule has 0 radical (unpaired) electrons. The average Bonchev–Trinajstić information content (AvgIpc) is 2.41. The second-order valence-electron chi connectivity index (χ2n) is 6.04. The summed E-state index contributed by atoms with van der Waals surface area (Å²) in [5, 5.41) is 3.12. The molecule has 0 bridgehead atoms. The highest BCUT2D eigenvalue weighted by atomic mass is 19.1. The van der Waals surface area contributed by atoms with Gasteiger partial charge in [-0.2, -0.15) is 0 Å². The summed E-state index contributed by atoms with van der Waals surface area (Å²) in [6, 6.07) is 6.05. The van der Waals surface area contributed by atoms with Crippen LogP contribution in [-0.4, -0.2) is 18.0 Å². The molecule has 0 spiro atoms. The van der Waals surface area contributed by atoms with Crippen LogP contribution in [0.1, 0.15) is 38.2 Å². The standard InChI is InChI=1S/C16H23FN2O/c1-12-3-2-8-16(10-12,11-18)19-15(20)9-13-4-6-14(17)7-5-13/h4-7,12H,2-3,8-11,18H2,1H3,(H,19,20). The highest BCUT2D eigenvalue weighted by Crippen LogP contribution is 2.31. The SMILES string of the molecule is CC1CCCC(CN)(NC(=O)Cc2ccc(F)cc2)C1. The van der Waals surface area contributed by atoms with E-state index in [0.717, 1.165) is 24.8 Å². The van der Waals surface area contributed by atoms with Crippen LogP contribution < -0.4 is 11.1 Å². The molecule has 0 saturated heterocycles. The third-order valence-corrected chi connectivity index (χ3v) is 4.16. The molecule has 3 nitrogen and oxygen atoms in total. The lowest BCUT2D eigenvalue weighted by molar-refractivity contribution is -0.122. The van der Waals surface area contributed by atoms with Crippen LogP contribution in [0.15, 0.2) is 24.3 Å². The van der Waals surface area contributed by atoms with Gasteiger partial charge >= 0.3 is 0 Å². The van der Waals surface area contributed by atoms with Gasteiger partial charge in [-0.15, -0.1) is 0 Å². The van der Waals surface area contributed by atoms with Gasteiger partial charge in [-0.25, -0.2) is 4.39 Å². The molecule has 1 aliphatic carbocycles. The lowest BCUT2D eigenvalue weighted by Gasteiger charge is -2.40. The highest BCUT2D eigenvalue weighted by Gasteiger charge is 2.34. The summed E-state index contributed by atoms with van der Waals surface area (Å²) in [4.78, 5) is 12.2. The molecule has 110 valence electrons. The van der Waals surface area contributed by atoms with Crippen LogP contribution in [0.5, 0.6) is 0 Å². The fraction of sp³-hybridized carbons (Fsp3) is 0.562. The van der Waals surface area contributed by atoms with E-state index in [9.17, 15) is 9.18 Å². The summed E-state index contributed by atoms with van der Waals surface area (Å²) in [6.45, 7) is 2.68. The molecule has 1 fully saturated rings. The molecule has 1 aliphatic rings. The van der Waals surface area contributed by atoms with E-state index in [1.54, 1.807) is 12.1 Å². The van der Waals surface area contributed by atoms with Crippen molar-refractivity contribution in [3.05, 3.63) is 35.6 Å². The Morgan fingerprint density at radius 3 is 2.75 bits per heavy atom. The van der Waals surface area contributed by atoms with Crippen LogP contribution in [0.4, 0.5) is 4.39 Å². The number of benzene rings is 1. The van der Waals surface area contributed by atoms with Crippen molar-refractivity contribution in [1.82, 2.24) is 5.32 Å². The van der Waals surface area contributed by atoms with Crippen LogP contribution in [0, 0.1) is 11.7 Å². The minimum atomic E-state index is -0.284. The van der Waals surface area contributed by atoms with Gasteiger partial charge in [0.15, 0.2) is 0 Å². The van der Waals surface area contributed by atoms with Crippen molar-refractivity contribution in [1.29, 1.82) is 0 Å². The topological polar surface area (TPSA) is 55.1 Å². The Morgan fingerprint density at radius 1 is 1.45 bits per heavy atom. The van der Waals surface area contributed by atoms with Crippen molar-refractivity contribution in [2.45, 2.75) is 44.6 Å². The molecule has 1 saturated carbocycles. The molecule has 20 heavy (non-hydrogen) atoms. The van der Waals surface area contributed by atoms with E-state index >= 15 is 0 Å². The van der Waals surface area contributed by atoms with Crippen LogP contribution in [0.3, 0.4) is 0 Å². The molecule has 1 aromatic rings. The van der Waals surface area contributed by atoms with E-state index in [1.807, 2.05) is 0 Å². The zero-order chi connectivity index (χ0) is 14.6. The zero-order valence-corrected chi connectivity index (χ0v) is 12.0. The van der Waals surface area contributed by atoms with E-state index in [0.29, 0.717) is 12.5 Å². The van der Waals surface area contributed by atoms with Gasteiger partial charge in [-0.3, -0.25) is 4.79 Å². The number of nitrogens with one attached hydrogen (secondary N) is 1. The van der Waals surface area contributed by atoms with Gasteiger partial charge in [0.05, 0.1) is 12.0 Å². The quantitative estimate of drug-likeness (QED) is 0.888. The van der Waals surface area contributed by atoms with Crippen molar-refractivity contribution >= 4 is 5.91 Å². The molecule has 1 amide bonds. The molecule has 4 heteroatoms. The normalized spacial score (nSPS) is 26.2. The predicted molar refractivity (Wildman–Crippen MR) is 77.7 cm³/mol. The molecular formula is C16H23FN2O. The van der Waals surface area contributed by atoms with Crippen LogP contribution in [0.2, 0.25) is 0 Å². The van der Waals surface area contributed by atoms with Crippen molar-refractivity contribution in [2.24, 2.45) is 11.7 Å². The van der Waals surface area contributed by atoms with Gasteiger partial charge in [0.1, 0.15) is 5.82 Å². The Hall–Kier alpha value is -1.42. The van der Waals surface area contributed by atoms with Crippen LogP contribution in [0.25, 0.3) is 0 Å². The Bertz CT molecular complexity index is 460. The third kappa shape index (κ3) is 3.79. The van der Waals surface area contributed by atoms with Crippen molar-refractivity contribution in [2.75, 3.05) is 6.54 Å². The second kappa shape index (κ2) is 6.35. The Morgan fingerprint density at radius 2 is 2.15 bits per heavy atom. The summed E-state index contributed by atoms with van der Waals surface area (Å²) in [7, 11) is 0. The number of amides is 1. The molecule has 2 unspecified atom stereocenters. The van der Waals surface area contributed by atoms with Crippen LogP contribution in [-0.2, 0) is 11.2 Å². The monoisotopic (exact) mass is 278 g/mol. The lowest BCUT2D eigenvalue weighted by Crippen LogP contribution is -2.56. The van der Waals surface area contributed by atoms with Crippen LogP contribution >= 0.6 is 0 Å². The summed E-state index contributed by atoms with van der Waals surface area (Å²) in [5.41, 5.74) is 6.46. The largest absolute Gasteiger partial charge is 0.349 e. The molecule has 3 N–H and O–H groups in total. The highest BCUT2D eigenvalue weighted by molar-refractivity contribution is 5.79. The summed E-state index contributed by atoms with van der Waals surface area (Å²) in [6.07, 6.45) is 4.48.